The Hall–Kier alpha value is -3.42. The summed E-state index contributed by atoms with van der Waals surface area (Å²) < 4.78 is 7.50. The number of anilines is 1. The van der Waals surface area contributed by atoms with E-state index in [9.17, 15) is 9.59 Å². The Morgan fingerprint density at radius 3 is 2.67 bits per heavy atom. The number of nitrogens with zero attached hydrogens (tertiary/aromatic N) is 4. The molecule has 0 unspecified atom stereocenters. The van der Waals surface area contributed by atoms with Crippen molar-refractivity contribution in [2.24, 2.45) is 0 Å². The fraction of sp³-hybridized carbons (Fsp3) is 0.364. The molecule has 1 aromatic carbocycles. The Morgan fingerprint density at radius 1 is 1.20 bits per heavy atom. The van der Waals surface area contributed by atoms with Crippen LogP contribution < -0.4 is 10.1 Å². The van der Waals surface area contributed by atoms with Crippen LogP contribution in [0.15, 0.2) is 30.7 Å². The highest BCUT2D eigenvalue weighted by Gasteiger charge is 2.31. The van der Waals surface area contributed by atoms with E-state index in [0.29, 0.717) is 34.8 Å². The molecule has 1 aliphatic rings. The third-order valence-electron chi connectivity index (χ3n) is 5.00. The lowest BCUT2D eigenvalue weighted by atomic mass is 10.1. The maximum absolute atomic E-state index is 13.0. The summed E-state index contributed by atoms with van der Waals surface area (Å²) in [6.07, 6.45) is 4.90. The molecule has 4 rings (SSSR count). The van der Waals surface area contributed by atoms with Crippen molar-refractivity contribution >= 4 is 23.1 Å². The first-order valence-corrected chi connectivity index (χ1v) is 10.0. The van der Waals surface area contributed by atoms with E-state index in [1.807, 2.05) is 46.9 Å². The Morgan fingerprint density at radius 2 is 1.97 bits per heavy atom. The van der Waals surface area contributed by atoms with Crippen LogP contribution in [-0.2, 0) is 6.54 Å². The Balaban J connectivity index is 1.70. The lowest BCUT2D eigenvalue weighted by molar-refractivity contribution is 0.0730. The Bertz CT molecular complexity index is 1150. The van der Waals surface area contributed by atoms with Crippen molar-refractivity contribution in [1.82, 2.24) is 19.5 Å². The van der Waals surface area contributed by atoms with Gasteiger partial charge < -0.3 is 15.0 Å². The van der Waals surface area contributed by atoms with E-state index in [-0.39, 0.29) is 24.0 Å². The van der Waals surface area contributed by atoms with Gasteiger partial charge in [0, 0.05) is 30.5 Å². The second-order valence-corrected chi connectivity index (χ2v) is 8.11. The number of carbonyl (C=O) groups excluding carboxylic acids is 2. The highest BCUT2D eigenvalue weighted by molar-refractivity contribution is 6.09. The molecule has 1 aliphatic heterocycles. The number of carbonyl (C=O) groups is 2. The van der Waals surface area contributed by atoms with Crippen molar-refractivity contribution in [3.05, 3.63) is 53.0 Å². The highest BCUT2D eigenvalue weighted by atomic mass is 16.5. The van der Waals surface area contributed by atoms with E-state index in [0.717, 1.165) is 11.1 Å². The summed E-state index contributed by atoms with van der Waals surface area (Å²) in [6, 6.07) is 3.65. The summed E-state index contributed by atoms with van der Waals surface area (Å²) in [5.41, 5.74) is 3.80. The molecule has 2 amide bonds. The van der Waals surface area contributed by atoms with Gasteiger partial charge in [0.15, 0.2) is 5.65 Å². The van der Waals surface area contributed by atoms with E-state index in [2.05, 4.69) is 15.4 Å². The number of nitrogens with one attached hydrogen (secondary N) is 1. The largest absolute Gasteiger partial charge is 0.489 e. The van der Waals surface area contributed by atoms with E-state index >= 15 is 0 Å². The van der Waals surface area contributed by atoms with Crippen molar-refractivity contribution in [2.75, 3.05) is 5.32 Å². The zero-order valence-corrected chi connectivity index (χ0v) is 17.8. The van der Waals surface area contributed by atoms with E-state index in [1.165, 1.54) is 6.20 Å². The molecule has 3 heterocycles. The van der Waals surface area contributed by atoms with Crippen LogP contribution in [0.4, 0.5) is 5.69 Å². The molecular formula is C22H25N5O3. The summed E-state index contributed by atoms with van der Waals surface area (Å²) in [6.45, 7) is 10.2. The second kappa shape index (κ2) is 7.44. The van der Waals surface area contributed by atoms with Crippen LogP contribution >= 0.6 is 0 Å². The number of aromatic nitrogens is 3. The molecule has 0 fully saturated rings. The van der Waals surface area contributed by atoms with Gasteiger partial charge in [-0.05, 0) is 57.9 Å². The van der Waals surface area contributed by atoms with E-state index in [4.69, 9.17) is 4.74 Å². The Kier molecular flexibility index (Phi) is 4.93. The van der Waals surface area contributed by atoms with E-state index < -0.39 is 0 Å². The Labute approximate surface area is 174 Å². The summed E-state index contributed by atoms with van der Waals surface area (Å²) >= 11 is 0. The van der Waals surface area contributed by atoms with Crippen LogP contribution in [0.5, 0.6) is 5.75 Å². The van der Waals surface area contributed by atoms with Gasteiger partial charge in [-0.2, -0.15) is 5.10 Å². The van der Waals surface area contributed by atoms with Gasteiger partial charge in [-0.15, -0.1) is 0 Å². The molecule has 8 heteroatoms. The number of ether oxygens (including phenoxy) is 1. The zero-order valence-electron chi connectivity index (χ0n) is 17.8. The molecule has 0 saturated heterocycles. The van der Waals surface area contributed by atoms with Crippen LogP contribution in [0.25, 0.3) is 5.65 Å². The van der Waals surface area contributed by atoms with Crippen LogP contribution in [-0.4, -0.2) is 43.5 Å². The number of aryl methyl sites for hydroxylation is 1. The minimum Gasteiger partial charge on any atom is -0.489 e. The maximum Gasteiger partial charge on any atom is 0.261 e. The van der Waals surface area contributed by atoms with Crippen molar-refractivity contribution in [2.45, 2.75) is 53.3 Å². The van der Waals surface area contributed by atoms with Gasteiger partial charge >= 0.3 is 0 Å². The number of hydrogen-bond acceptors (Lipinski definition) is 5. The molecule has 0 atom stereocenters. The average molecular weight is 407 g/mol. The molecule has 3 aromatic rings. The lowest BCUT2D eigenvalue weighted by Gasteiger charge is -2.19. The van der Waals surface area contributed by atoms with Crippen molar-refractivity contribution in [1.29, 1.82) is 0 Å². The quantitative estimate of drug-likeness (QED) is 0.700. The predicted octanol–water partition coefficient (Wildman–Crippen LogP) is 3.44. The molecule has 0 aliphatic carbocycles. The van der Waals surface area contributed by atoms with Crippen molar-refractivity contribution in [3.63, 3.8) is 0 Å². The SMILES string of the molecule is Cc1cnc2c(C(=O)Nc3cc4c(cc3OC(C)C)C(=O)N(C(C)C)C4)cnn2c1. The van der Waals surface area contributed by atoms with Gasteiger partial charge in [0.1, 0.15) is 11.3 Å². The topological polar surface area (TPSA) is 88.8 Å². The highest BCUT2D eigenvalue weighted by Crippen LogP contribution is 2.35. The summed E-state index contributed by atoms with van der Waals surface area (Å²) in [5.74, 6) is 0.116. The lowest BCUT2D eigenvalue weighted by Crippen LogP contribution is -2.30. The monoisotopic (exact) mass is 407 g/mol. The summed E-state index contributed by atoms with van der Waals surface area (Å²) in [4.78, 5) is 31.9. The number of hydrogen-bond donors (Lipinski definition) is 1. The predicted molar refractivity (Wildman–Crippen MR) is 113 cm³/mol. The van der Waals surface area contributed by atoms with Crippen molar-refractivity contribution < 1.29 is 14.3 Å². The fourth-order valence-electron chi connectivity index (χ4n) is 3.55. The molecular weight excluding hydrogens is 382 g/mol. The summed E-state index contributed by atoms with van der Waals surface area (Å²) in [5, 5.41) is 7.15. The molecule has 156 valence electrons. The smallest absolute Gasteiger partial charge is 0.261 e. The maximum atomic E-state index is 13.0. The number of amides is 2. The van der Waals surface area contributed by atoms with Crippen LogP contribution in [0.1, 0.15) is 59.5 Å². The molecule has 0 radical (unpaired) electrons. The number of rotatable bonds is 5. The van der Waals surface area contributed by atoms with Crippen molar-refractivity contribution in [3.8, 4) is 5.75 Å². The van der Waals surface area contributed by atoms with Crippen LogP contribution in [0, 0.1) is 6.92 Å². The second-order valence-electron chi connectivity index (χ2n) is 8.11. The average Bonchev–Trinajstić information content (AvgIpc) is 3.22. The van der Waals surface area contributed by atoms with Gasteiger partial charge in [-0.3, -0.25) is 9.59 Å². The van der Waals surface area contributed by atoms with Gasteiger partial charge in [0.25, 0.3) is 11.8 Å². The first kappa shape index (κ1) is 19.9. The minimum atomic E-state index is -0.333. The van der Waals surface area contributed by atoms with Crippen LogP contribution in [0.2, 0.25) is 0 Å². The standard InChI is InChI=1S/C22H25N5O3/c1-12(2)26-11-15-6-18(19(30-13(3)4)7-16(15)22(26)29)25-21(28)17-9-24-27-10-14(5)8-23-20(17)27/h6-10,12-13H,11H2,1-5H3,(H,25,28). The fourth-order valence-corrected chi connectivity index (χ4v) is 3.55. The molecule has 2 aromatic heterocycles. The first-order valence-electron chi connectivity index (χ1n) is 10.0. The third-order valence-corrected chi connectivity index (χ3v) is 5.00. The molecule has 30 heavy (non-hydrogen) atoms. The molecule has 8 nitrogen and oxygen atoms in total. The van der Waals surface area contributed by atoms with Gasteiger partial charge in [-0.25, -0.2) is 9.50 Å². The summed E-state index contributed by atoms with van der Waals surface area (Å²) in [7, 11) is 0. The van der Waals surface area contributed by atoms with Crippen LogP contribution in [0.3, 0.4) is 0 Å². The molecule has 0 bridgehead atoms. The van der Waals surface area contributed by atoms with Gasteiger partial charge in [-0.1, -0.05) is 0 Å². The third kappa shape index (κ3) is 3.49. The van der Waals surface area contributed by atoms with Gasteiger partial charge in [0.2, 0.25) is 0 Å². The van der Waals surface area contributed by atoms with Gasteiger partial charge in [0.05, 0.1) is 18.0 Å². The molecule has 1 N–H and O–H groups in total. The zero-order chi connectivity index (χ0) is 21.6. The van der Waals surface area contributed by atoms with E-state index in [1.54, 1.807) is 21.7 Å². The first-order chi connectivity index (χ1) is 14.2. The molecule has 0 spiro atoms. The normalized spacial score (nSPS) is 13.4. The number of benzene rings is 1. The number of fused-ring (bicyclic) bond motifs is 2. The molecule has 0 saturated carbocycles. The minimum absolute atomic E-state index is 0.0197.